The Bertz CT molecular complexity index is 668. The first-order valence-electron chi connectivity index (χ1n) is 5.78. The lowest BCUT2D eigenvalue weighted by molar-refractivity contribution is 1.02. The zero-order chi connectivity index (χ0) is 13.1. The fourth-order valence-electron chi connectivity index (χ4n) is 1.77. The van der Waals surface area contributed by atoms with Crippen LogP contribution in [0, 0.1) is 0 Å². The van der Waals surface area contributed by atoms with E-state index >= 15 is 0 Å². The van der Waals surface area contributed by atoms with Crippen molar-refractivity contribution in [3.05, 3.63) is 63.8 Å². The lowest BCUT2D eigenvalue weighted by Crippen LogP contribution is -1.97. The zero-order valence-electron chi connectivity index (χ0n) is 9.95. The molecule has 0 saturated carbocycles. The number of hydrogen-bond acceptors (Lipinski definition) is 4. The summed E-state index contributed by atoms with van der Waals surface area (Å²) in [5, 5.41) is 3.44. The number of rotatable bonds is 3. The van der Waals surface area contributed by atoms with Gasteiger partial charge in [0.1, 0.15) is 5.15 Å². The summed E-state index contributed by atoms with van der Waals surface area (Å²) in [6, 6.07) is 11.6. The molecule has 5 heteroatoms. The van der Waals surface area contributed by atoms with E-state index in [4.69, 9.17) is 11.6 Å². The van der Waals surface area contributed by atoms with Gasteiger partial charge < -0.3 is 0 Å². The molecule has 0 aliphatic carbocycles. The van der Waals surface area contributed by atoms with Crippen LogP contribution in [0.5, 0.6) is 0 Å². The standard InChI is InChI=1S/C14H10ClN3S/c15-12-8-11(9-13-16-6-7-19-13)17-14(18-12)10-4-2-1-3-5-10/h1-8H,9H2. The number of aromatic nitrogens is 3. The molecule has 0 unspecified atom stereocenters. The topological polar surface area (TPSA) is 38.7 Å². The minimum atomic E-state index is 0.459. The number of benzene rings is 1. The van der Waals surface area contributed by atoms with Crippen molar-refractivity contribution in [1.29, 1.82) is 0 Å². The van der Waals surface area contributed by atoms with Gasteiger partial charge in [-0.15, -0.1) is 11.3 Å². The third-order valence-corrected chi connectivity index (χ3v) is 3.57. The second kappa shape index (κ2) is 5.47. The third kappa shape index (κ3) is 2.97. The van der Waals surface area contributed by atoms with Gasteiger partial charge in [-0.2, -0.15) is 0 Å². The molecule has 0 amide bonds. The van der Waals surface area contributed by atoms with E-state index in [9.17, 15) is 0 Å². The van der Waals surface area contributed by atoms with Crippen LogP contribution in [0.1, 0.15) is 10.7 Å². The highest BCUT2D eigenvalue weighted by Gasteiger charge is 2.07. The average Bonchev–Trinajstić information content (AvgIpc) is 2.92. The fourth-order valence-corrected chi connectivity index (χ4v) is 2.60. The number of thiazole rings is 1. The summed E-state index contributed by atoms with van der Waals surface area (Å²) in [6.07, 6.45) is 2.47. The van der Waals surface area contributed by atoms with Crippen LogP contribution in [0.25, 0.3) is 11.4 Å². The van der Waals surface area contributed by atoms with Crippen molar-refractivity contribution in [2.24, 2.45) is 0 Å². The largest absolute Gasteiger partial charge is 0.249 e. The van der Waals surface area contributed by atoms with Crippen molar-refractivity contribution in [3.8, 4) is 11.4 Å². The van der Waals surface area contributed by atoms with E-state index in [1.807, 2.05) is 35.7 Å². The Labute approximate surface area is 120 Å². The molecule has 0 bridgehead atoms. The Morgan fingerprint density at radius 3 is 2.68 bits per heavy atom. The van der Waals surface area contributed by atoms with Crippen molar-refractivity contribution >= 4 is 22.9 Å². The van der Waals surface area contributed by atoms with E-state index < -0.39 is 0 Å². The second-order valence-corrected chi connectivity index (χ2v) is 5.34. The Morgan fingerprint density at radius 1 is 1.11 bits per heavy atom. The van der Waals surface area contributed by atoms with Crippen LogP contribution in [0.3, 0.4) is 0 Å². The van der Waals surface area contributed by atoms with Crippen molar-refractivity contribution in [3.63, 3.8) is 0 Å². The van der Waals surface area contributed by atoms with Crippen molar-refractivity contribution in [2.75, 3.05) is 0 Å². The van der Waals surface area contributed by atoms with Gasteiger partial charge in [0.2, 0.25) is 0 Å². The summed E-state index contributed by atoms with van der Waals surface area (Å²) >= 11 is 7.68. The molecule has 3 rings (SSSR count). The molecule has 0 aliphatic heterocycles. The maximum absolute atomic E-state index is 6.07. The summed E-state index contributed by atoms with van der Waals surface area (Å²) in [6.45, 7) is 0. The summed E-state index contributed by atoms with van der Waals surface area (Å²) < 4.78 is 0. The number of halogens is 1. The zero-order valence-corrected chi connectivity index (χ0v) is 11.5. The molecule has 0 N–H and O–H groups in total. The molecule has 19 heavy (non-hydrogen) atoms. The van der Waals surface area contributed by atoms with E-state index in [-0.39, 0.29) is 0 Å². The monoisotopic (exact) mass is 287 g/mol. The maximum Gasteiger partial charge on any atom is 0.161 e. The fraction of sp³-hybridized carbons (Fsp3) is 0.0714. The first-order chi connectivity index (χ1) is 9.31. The summed E-state index contributed by atoms with van der Waals surface area (Å²) in [7, 11) is 0. The SMILES string of the molecule is Clc1cc(Cc2nccs2)nc(-c2ccccc2)n1. The lowest BCUT2D eigenvalue weighted by atomic mass is 10.2. The predicted octanol–water partition coefficient (Wildman–Crippen LogP) is 3.84. The average molecular weight is 288 g/mol. The molecular formula is C14H10ClN3S. The quantitative estimate of drug-likeness (QED) is 0.687. The first kappa shape index (κ1) is 12.3. The van der Waals surface area contributed by atoms with Crippen LogP contribution in [0.15, 0.2) is 48.0 Å². The molecule has 0 spiro atoms. The van der Waals surface area contributed by atoms with E-state index in [2.05, 4.69) is 15.0 Å². The Kier molecular flexibility index (Phi) is 3.53. The van der Waals surface area contributed by atoms with Crippen LogP contribution in [0.4, 0.5) is 0 Å². The predicted molar refractivity (Wildman–Crippen MR) is 77.4 cm³/mol. The lowest BCUT2D eigenvalue weighted by Gasteiger charge is -2.04. The van der Waals surface area contributed by atoms with Crippen LogP contribution in [0.2, 0.25) is 5.15 Å². The van der Waals surface area contributed by atoms with Crippen LogP contribution >= 0.6 is 22.9 Å². The van der Waals surface area contributed by atoms with Gasteiger partial charge in [-0.05, 0) is 6.07 Å². The molecule has 1 aromatic carbocycles. The van der Waals surface area contributed by atoms with E-state index in [1.54, 1.807) is 23.6 Å². The van der Waals surface area contributed by atoms with Crippen LogP contribution in [-0.2, 0) is 6.42 Å². The van der Waals surface area contributed by atoms with Crippen molar-refractivity contribution in [2.45, 2.75) is 6.42 Å². The summed E-state index contributed by atoms with van der Waals surface area (Å²) in [5.41, 5.74) is 1.85. The van der Waals surface area contributed by atoms with Crippen molar-refractivity contribution < 1.29 is 0 Å². The molecule has 94 valence electrons. The molecule has 0 saturated heterocycles. The van der Waals surface area contributed by atoms with Gasteiger partial charge in [0.05, 0.1) is 10.7 Å². The van der Waals surface area contributed by atoms with Gasteiger partial charge in [0.25, 0.3) is 0 Å². The number of hydrogen-bond donors (Lipinski definition) is 0. The molecule has 2 heterocycles. The van der Waals surface area contributed by atoms with Gasteiger partial charge in [0.15, 0.2) is 5.82 Å². The molecule has 3 aromatic rings. The summed E-state index contributed by atoms with van der Waals surface area (Å²) in [4.78, 5) is 13.1. The maximum atomic E-state index is 6.07. The molecule has 0 atom stereocenters. The normalized spacial score (nSPS) is 10.6. The molecule has 0 fully saturated rings. The molecule has 2 aromatic heterocycles. The first-order valence-corrected chi connectivity index (χ1v) is 7.04. The Morgan fingerprint density at radius 2 is 1.95 bits per heavy atom. The van der Waals surface area contributed by atoms with Crippen molar-refractivity contribution in [1.82, 2.24) is 15.0 Å². The third-order valence-electron chi connectivity index (χ3n) is 2.60. The van der Waals surface area contributed by atoms with Crippen LogP contribution < -0.4 is 0 Å². The Balaban J connectivity index is 1.97. The summed E-state index contributed by atoms with van der Waals surface area (Å²) in [5.74, 6) is 0.652. The Hall–Kier alpha value is -1.78. The van der Waals surface area contributed by atoms with Crippen LogP contribution in [-0.4, -0.2) is 15.0 Å². The molecule has 0 radical (unpaired) electrons. The molecular weight excluding hydrogens is 278 g/mol. The van der Waals surface area contributed by atoms with Gasteiger partial charge in [0, 0.05) is 23.6 Å². The highest BCUT2D eigenvalue weighted by atomic mass is 35.5. The smallest absolute Gasteiger partial charge is 0.161 e. The minimum absolute atomic E-state index is 0.459. The highest BCUT2D eigenvalue weighted by molar-refractivity contribution is 7.09. The van der Waals surface area contributed by atoms with Gasteiger partial charge in [-0.3, -0.25) is 0 Å². The second-order valence-electron chi connectivity index (χ2n) is 3.97. The van der Waals surface area contributed by atoms with E-state index in [1.165, 1.54) is 0 Å². The highest BCUT2D eigenvalue weighted by Crippen LogP contribution is 2.19. The van der Waals surface area contributed by atoms with E-state index in [0.717, 1.165) is 16.3 Å². The van der Waals surface area contributed by atoms with Gasteiger partial charge >= 0.3 is 0 Å². The van der Waals surface area contributed by atoms with Gasteiger partial charge in [-0.25, -0.2) is 15.0 Å². The minimum Gasteiger partial charge on any atom is -0.249 e. The van der Waals surface area contributed by atoms with E-state index in [0.29, 0.717) is 17.4 Å². The molecule has 3 nitrogen and oxygen atoms in total. The number of nitrogens with zero attached hydrogens (tertiary/aromatic N) is 3. The van der Waals surface area contributed by atoms with Gasteiger partial charge in [-0.1, -0.05) is 41.9 Å². The molecule has 0 aliphatic rings.